The third-order valence-corrected chi connectivity index (χ3v) is 4.11. The molecule has 0 saturated carbocycles. The number of fused-ring (bicyclic) bond motifs is 1. The minimum absolute atomic E-state index is 0.0203. The Hall–Kier alpha value is -0.810. The molecular formula is C13H21N3OS. The summed E-state index contributed by atoms with van der Waals surface area (Å²) in [5.41, 5.74) is 2.16. The van der Waals surface area contributed by atoms with Crippen molar-refractivity contribution in [1.82, 2.24) is 15.1 Å². The van der Waals surface area contributed by atoms with E-state index < -0.39 is 0 Å². The second-order valence-electron chi connectivity index (χ2n) is 5.57. The maximum atomic E-state index is 11.9. The smallest absolute Gasteiger partial charge is 0.267 e. The Morgan fingerprint density at radius 2 is 2.28 bits per heavy atom. The van der Waals surface area contributed by atoms with E-state index in [9.17, 15) is 4.79 Å². The quantitative estimate of drug-likeness (QED) is 0.900. The minimum atomic E-state index is 0.0203. The Bertz CT molecular complexity index is 476. The predicted octanol–water partition coefficient (Wildman–Crippen LogP) is 1.42. The van der Waals surface area contributed by atoms with Crippen LogP contribution in [0.4, 0.5) is 0 Å². The summed E-state index contributed by atoms with van der Waals surface area (Å²) in [5.74, 6) is 0.924. The van der Waals surface area contributed by atoms with Crippen LogP contribution in [0.5, 0.6) is 0 Å². The van der Waals surface area contributed by atoms with Gasteiger partial charge in [-0.05, 0) is 5.56 Å². The van der Waals surface area contributed by atoms with Gasteiger partial charge in [0.1, 0.15) is 0 Å². The van der Waals surface area contributed by atoms with Gasteiger partial charge < -0.3 is 5.32 Å². The van der Waals surface area contributed by atoms with E-state index in [1.807, 2.05) is 11.8 Å². The molecule has 0 aliphatic carbocycles. The number of hydrogen-bond donors (Lipinski definition) is 1. The van der Waals surface area contributed by atoms with E-state index in [1.165, 1.54) is 0 Å². The van der Waals surface area contributed by atoms with E-state index >= 15 is 0 Å². The molecule has 0 atom stereocenters. The van der Waals surface area contributed by atoms with Gasteiger partial charge in [0, 0.05) is 36.1 Å². The molecule has 0 bridgehead atoms. The van der Waals surface area contributed by atoms with Crippen LogP contribution in [0, 0.1) is 0 Å². The predicted molar refractivity (Wildman–Crippen MR) is 76.1 cm³/mol. The maximum absolute atomic E-state index is 11.9. The van der Waals surface area contributed by atoms with Gasteiger partial charge in [-0.2, -0.15) is 16.9 Å². The summed E-state index contributed by atoms with van der Waals surface area (Å²) in [4.78, 5) is 11.9. The fourth-order valence-corrected chi connectivity index (χ4v) is 2.83. The van der Waals surface area contributed by atoms with E-state index in [0.717, 1.165) is 36.5 Å². The van der Waals surface area contributed by atoms with Crippen LogP contribution >= 0.6 is 11.8 Å². The zero-order chi connectivity index (χ0) is 13.2. The molecule has 1 aromatic heterocycles. The number of hydrogen-bond acceptors (Lipinski definition) is 4. The average Bonchev–Trinajstić information content (AvgIpc) is 2.28. The zero-order valence-corrected chi connectivity index (χ0v) is 12.1. The Balaban J connectivity index is 2.07. The minimum Gasteiger partial charge on any atom is -0.312 e. The molecule has 0 saturated heterocycles. The Kier molecular flexibility index (Phi) is 4.12. The summed E-state index contributed by atoms with van der Waals surface area (Å²) in [6, 6.07) is 1.73. The first kappa shape index (κ1) is 13.6. The molecule has 0 amide bonds. The molecular weight excluding hydrogens is 246 g/mol. The molecule has 1 aliphatic heterocycles. The van der Waals surface area contributed by atoms with E-state index in [1.54, 1.807) is 10.7 Å². The largest absolute Gasteiger partial charge is 0.312 e. The lowest BCUT2D eigenvalue weighted by atomic mass is 10.1. The Morgan fingerprint density at radius 3 is 3.00 bits per heavy atom. The number of thioether (sulfide) groups is 1. The van der Waals surface area contributed by atoms with Gasteiger partial charge in [-0.1, -0.05) is 20.8 Å². The van der Waals surface area contributed by atoms with Crippen LogP contribution in [-0.2, 0) is 19.5 Å². The van der Waals surface area contributed by atoms with Crippen LogP contribution in [-0.4, -0.2) is 26.8 Å². The second kappa shape index (κ2) is 5.45. The van der Waals surface area contributed by atoms with Crippen LogP contribution in [0.1, 0.15) is 32.0 Å². The fraction of sp³-hybridized carbons (Fsp3) is 0.692. The summed E-state index contributed by atoms with van der Waals surface area (Å²) in [7, 11) is 0. The molecule has 100 valence electrons. The van der Waals surface area contributed by atoms with Gasteiger partial charge in [-0.25, -0.2) is 4.68 Å². The molecule has 2 rings (SSSR count). The maximum Gasteiger partial charge on any atom is 0.267 e. The third-order valence-electron chi connectivity index (χ3n) is 2.86. The second-order valence-corrected chi connectivity index (χ2v) is 7.49. The normalized spacial score (nSPS) is 15.5. The highest BCUT2D eigenvalue weighted by molar-refractivity contribution is 8.00. The summed E-state index contributed by atoms with van der Waals surface area (Å²) in [6.07, 6.45) is 0.919. The Labute approximate surface area is 112 Å². The summed E-state index contributed by atoms with van der Waals surface area (Å²) >= 11 is 1.86. The van der Waals surface area contributed by atoms with E-state index in [2.05, 4.69) is 31.2 Å². The highest BCUT2D eigenvalue weighted by atomic mass is 32.2. The van der Waals surface area contributed by atoms with Crippen molar-refractivity contribution in [3.05, 3.63) is 27.7 Å². The lowest BCUT2D eigenvalue weighted by Gasteiger charge is -2.19. The molecule has 0 radical (unpaired) electrons. The Morgan fingerprint density at radius 1 is 1.50 bits per heavy atom. The first-order chi connectivity index (χ1) is 8.46. The summed E-state index contributed by atoms with van der Waals surface area (Å²) in [5, 5.41) is 7.74. The molecule has 0 unspecified atom stereocenters. The van der Waals surface area contributed by atoms with Crippen LogP contribution in [0.3, 0.4) is 0 Å². The molecule has 0 aromatic carbocycles. The number of aromatic nitrogens is 2. The number of aryl methyl sites for hydroxylation is 1. The highest BCUT2D eigenvalue weighted by Crippen LogP contribution is 2.22. The van der Waals surface area contributed by atoms with Crippen molar-refractivity contribution in [2.45, 2.75) is 45.0 Å². The van der Waals surface area contributed by atoms with Crippen molar-refractivity contribution < 1.29 is 0 Å². The van der Waals surface area contributed by atoms with Crippen LogP contribution < -0.4 is 10.9 Å². The lowest BCUT2D eigenvalue weighted by molar-refractivity contribution is 0.554. The molecule has 0 fully saturated rings. The SMILES string of the molecule is CC(C)(C)SCCn1nc2c(cc1=O)CNCC2. The zero-order valence-electron chi connectivity index (χ0n) is 11.3. The van der Waals surface area contributed by atoms with Gasteiger partial charge in [-0.15, -0.1) is 0 Å². The van der Waals surface area contributed by atoms with Crippen LogP contribution in [0.15, 0.2) is 10.9 Å². The molecule has 0 spiro atoms. The van der Waals surface area contributed by atoms with Gasteiger partial charge in [0.15, 0.2) is 0 Å². The summed E-state index contributed by atoms with van der Waals surface area (Å²) < 4.78 is 1.85. The van der Waals surface area contributed by atoms with E-state index in [0.29, 0.717) is 6.54 Å². The van der Waals surface area contributed by atoms with Gasteiger partial charge in [0.25, 0.3) is 5.56 Å². The molecule has 18 heavy (non-hydrogen) atoms. The van der Waals surface area contributed by atoms with Crippen molar-refractivity contribution in [2.24, 2.45) is 0 Å². The van der Waals surface area contributed by atoms with Gasteiger partial charge in [0.2, 0.25) is 0 Å². The van der Waals surface area contributed by atoms with Gasteiger partial charge in [0.05, 0.1) is 12.2 Å². The van der Waals surface area contributed by atoms with Gasteiger partial charge in [-0.3, -0.25) is 4.79 Å². The van der Waals surface area contributed by atoms with Crippen molar-refractivity contribution in [3.8, 4) is 0 Å². The average molecular weight is 267 g/mol. The molecule has 5 heteroatoms. The number of rotatable bonds is 3. The number of nitrogens with zero attached hydrogens (tertiary/aromatic N) is 2. The fourth-order valence-electron chi connectivity index (χ4n) is 1.96. The van der Waals surface area contributed by atoms with Crippen molar-refractivity contribution in [2.75, 3.05) is 12.3 Å². The van der Waals surface area contributed by atoms with Crippen molar-refractivity contribution in [3.63, 3.8) is 0 Å². The third kappa shape index (κ3) is 3.59. The standard InChI is InChI=1S/C13H21N3OS/c1-13(2,3)18-7-6-16-12(17)8-10-9-14-5-4-11(10)15-16/h8,14H,4-7,9H2,1-3H3. The monoisotopic (exact) mass is 267 g/mol. The molecule has 4 nitrogen and oxygen atoms in total. The lowest BCUT2D eigenvalue weighted by Crippen LogP contribution is -2.32. The van der Waals surface area contributed by atoms with Gasteiger partial charge >= 0.3 is 0 Å². The number of nitrogens with one attached hydrogen (secondary N) is 1. The highest BCUT2D eigenvalue weighted by Gasteiger charge is 2.14. The van der Waals surface area contributed by atoms with Crippen LogP contribution in [0.2, 0.25) is 0 Å². The molecule has 1 aliphatic rings. The summed E-state index contributed by atoms with van der Waals surface area (Å²) in [6.45, 7) is 8.98. The van der Waals surface area contributed by atoms with E-state index in [4.69, 9.17) is 0 Å². The molecule has 1 aromatic rings. The van der Waals surface area contributed by atoms with E-state index in [-0.39, 0.29) is 10.3 Å². The molecule has 1 N–H and O–H groups in total. The van der Waals surface area contributed by atoms with Crippen molar-refractivity contribution >= 4 is 11.8 Å². The molecule has 2 heterocycles. The van der Waals surface area contributed by atoms with Crippen LogP contribution in [0.25, 0.3) is 0 Å². The topological polar surface area (TPSA) is 46.9 Å². The first-order valence-electron chi connectivity index (χ1n) is 6.40. The first-order valence-corrected chi connectivity index (χ1v) is 7.39. The van der Waals surface area contributed by atoms with Crippen molar-refractivity contribution in [1.29, 1.82) is 0 Å².